The number of fused-ring (bicyclic) bond motifs is 1. The van der Waals surface area contributed by atoms with Crippen LogP contribution in [0.2, 0.25) is 0 Å². The van der Waals surface area contributed by atoms with Crippen molar-refractivity contribution in [2.24, 2.45) is 0 Å². The third kappa shape index (κ3) is 1.82. The Morgan fingerprint density at radius 3 is 2.47 bits per heavy atom. The van der Waals surface area contributed by atoms with Gasteiger partial charge in [0.1, 0.15) is 0 Å². The number of carbonyl (C=O) groups is 2. The molecule has 94 valence electrons. The molecule has 1 atom stereocenters. The van der Waals surface area contributed by atoms with Gasteiger partial charge in [0.15, 0.2) is 9.84 Å². The fourth-order valence-corrected chi connectivity index (χ4v) is 4.07. The fraction of sp³-hybridized carbons (Fsp3) is 0.800. The second-order valence-corrected chi connectivity index (χ2v) is 7.17. The van der Waals surface area contributed by atoms with Crippen LogP contribution >= 0.6 is 0 Å². The molecule has 3 fully saturated rings. The van der Waals surface area contributed by atoms with Gasteiger partial charge in [-0.25, -0.2) is 13.2 Å². The molecule has 3 amide bonds. The molecule has 2 heterocycles. The quantitative estimate of drug-likeness (QED) is 0.641. The van der Waals surface area contributed by atoms with Gasteiger partial charge in [-0.1, -0.05) is 0 Å². The maximum absolute atomic E-state index is 12.1. The molecule has 1 unspecified atom stereocenters. The summed E-state index contributed by atoms with van der Waals surface area (Å²) in [7, 11) is -3.09. The van der Waals surface area contributed by atoms with Gasteiger partial charge in [-0.05, 0) is 12.8 Å². The Kier molecular flexibility index (Phi) is 2.23. The van der Waals surface area contributed by atoms with Crippen LogP contribution in [0, 0.1) is 0 Å². The highest BCUT2D eigenvalue weighted by atomic mass is 32.2. The van der Waals surface area contributed by atoms with Gasteiger partial charge in [0.2, 0.25) is 5.91 Å². The summed E-state index contributed by atoms with van der Waals surface area (Å²) in [6, 6.07) is -0.665. The number of carbonyl (C=O) groups excluding carboxylic acids is 2. The van der Waals surface area contributed by atoms with E-state index in [1.807, 2.05) is 0 Å². The lowest BCUT2D eigenvalue weighted by Crippen LogP contribution is -2.62. The van der Waals surface area contributed by atoms with Crippen molar-refractivity contribution in [2.75, 3.05) is 18.1 Å². The zero-order chi connectivity index (χ0) is 12.2. The monoisotopic (exact) mass is 258 g/mol. The van der Waals surface area contributed by atoms with Crippen molar-refractivity contribution in [1.29, 1.82) is 0 Å². The minimum atomic E-state index is -3.09. The lowest BCUT2D eigenvalue weighted by molar-refractivity contribution is -0.132. The van der Waals surface area contributed by atoms with Crippen LogP contribution in [0.3, 0.4) is 0 Å². The Labute approximate surface area is 99.5 Å². The smallest absolute Gasteiger partial charge is 0.319 e. The molecular weight excluding hydrogens is 244 g/mol. The van der Waals surface area contributed by atoms with E-state index in [4.69, 9.17) is 0 Å². The number of sulfone groups is 1. The minimum absolute atomic E-state index is 0.0158. The maximum Gasteiger partial charge on any atom is 0.327 e. The Balaban J connectivity index is 1.85. The number of imide groups is 1. The van der Waals surface area contributed by atoms with Crippen LogP contribution < -0.4 is 0 Å². The topological polar surface area (TPSA) is 74.8 Å². The summed E-state index contributed by atoms with van der Waals surface area (Å²) in [4.78, 5) is 26.8. The molecule has 0 aromatic rings. The standard InChI is InChI=1S/C10H14N2O4S/c13-9-5-8-6-17(15,16)4-3-11(8)10(14)12(9)7-1-2-7/h7-8H,1-6H2. The molecule has 7 heteroatoms. The van der Waals surface area contributed by atoms with Crippen LogP contribution in [0.5, 0.6) is 0 Å². The van der Waals surface area contributed by atoms with E-state index >= 15 is 0 Å². The highest BCUT2D eigenvalue weighted by Gasteiger charge is 2.48. The molecule has 0 aromatic carbocycles. The van der Waals surface area contributed by atoms with Crippen LogP contribution in [0.25, 0.3) is 0 Å². The summed E-state index contributed by atoms with van der Waals surface area (Å²) in [5.74, 6) is -0.263. The Morgan fingerprint density at radius 2 is 1.82 bits per heavy atom. The summed E-state index contributed by atoms with van der Waals surface area (Å²) in [5, 5.41) is 0. The molecule has 0 spiro atoms. The summed E-state index contributed by atoms with van der Waals surface area (Å²) >= 11 is 0. The fourth-order valence-electron chi connectivity index (χ4n) is 2.54. The molecule has 3 rings (SSSR count). The van der Waals surface area contributed by atoms with Gasteiger partial charge in [0.25, 0.3) is 0 Å². The molecule has 2 saturated heterocycles. The van der Waals surface area contributed by atoms with Gasteiger partial charge >= 0.3 is 6.03 Å². The first kappa shape index (κ1) is 11.0. The molecule has 1 aliphatic carbocycles. The first-order valence-electron chi connectivity index (χ1n) is 5.81. The summed E-state index contributed by atoms with van der Waals surface area (Å²) in [5.41, 5.74) is 0. The van der Waals surface area contributed by atoms with Gasteiger partial charge in [-0.15, -0.1) is 0 Å². The largest absolute Gasteiger partial charge is 0.327 e. The Bertz CT molecular complexity index is 483. The zero-order valence-corrected chi connectivity index (χ0v) is 10.1. The first-order chi connectivity index (χ1) is 7.98. The van der Waals surface area contributed by atoms with Crippen LogP contribution in [0.4, 0.5) is 4.79 Å². The Morgan fingerprint density at radius 1 is 1.12 bits per heavy atom. The van der Waals surface area contributed by atoms with Gasteiger partial charge in [-0.2, -0.15) is 0 Å². The third-order valence-electron chi connectivity index (χ3n) is 3.57. The Hall–Kier alpha value is -1.11. The normalized spacial score (nSPS) is 32.6. The van der Waals surface area contributed by atoms with Gasteiger partial charge in [0, 0.05) is 19.0 Å². The van der Waals surface area contributed by atoms with E-state index in [0.717, 1.165) is 12.8 Å². The number of hydrogen-bond acceptors (Lipinski definition) is 4. The van der Waals surface area contributed by atoms with Crippen molar-refractivity contribution in [3.8, 4) is 0 Å². The maximum atomic E-state index is 12.1. The molecule has 0 N–H and O–H groups in total. The predicted octanol–water partition coefficient (Wildman–Crippen LogP) is -0.400. The number of hydrogen-bond donors (Lipinski definition) is 0. The first-order valence-corrected chi connectivity index (χ1v) is 7.63. The van der Waals surface area contributed by atoms with Crippen LogP contribution in [-0.2, 0) is 14.6 Å². The lowest BCUT2D eigenvalue weighted by Gasteiger charge is -2.42. The van der Waals surface area contributed by atoms with Crippen molar-refractivity contribution in [1.82, 2.24) is 9.80 Å². The van der Waals surface area contributed by atoms with Crippen molar-refractivity contribution in [3.63, 3.8) is 0 Å². The van der Waals surface area contributed by atoms with E-state index in [0.29, 0.717) is 0 Å². The van der Waals surface area contributed by atoms with Crippen LogP contribution in [0.15, 0.2) is 0 Å². The summed E-state index contributed by atoms with van der Waals surface area (Å²) in [6.07, 6.45) is 1.92. The summed E-state index contributed by atoms with van der Waals surface area (Å²) in [6.45, 7) is 0.225. The van der Waals surface area contributed by atoms with E-state index in [1.54, 1.807) is 4.90 Å². The molecule has 0 bridgehead atoms. The average molecular weight is 258 g/mol. The second-order valence-electron chi connectivity index (χ2n) is 4.94. The van der Waals surface area contributed by atoms with Crippen LogP contribution in [0.1, 0.15) is 19.3 Å². The van der Waals surface area contributed by atoms with E-state index in [1.165, 1.54) is 4.90 Å². The van der Waals surface area contributed by atoms with E-state index in [9.17, 15) is 18.0 Å². The molecule has 2 aliphatic heterocycles. The molecular formula is C10H14N2O4S. The highest BCUT2D eigenvalue weighted by molar-refractivity contribution is 7.91. The van der Waals surface area contributed by atoms with Crippen molar-refractivity contribution in [3.05, 3.63) is 0 Å². The third-order valence-corrected chi connectivity index (χ3v) is 5.27. The van der Waals surface area contributed by atoms with E-state index < -0.39 is 15.9 Å². The number of nitrogens with zero attached hydrogens (tertiary/aromatic N) is 2. The van der Waals surface area contributed by atoms with Crippen LogP contribution in [-0.4, -0.2) is 60.3 Å². The van der Waals surface area contributed by atoms with Crippen molar-refractivity contribution < 1.29 is 18.0 Å². The number of urea groups is 1. The SMILES string of the molecule is O=C1CC2CS(=O)(=O)CCN2C(=O)N1C1CC1. The zero-order valence-electron chi connectivity index (χ0n) is 9.33. The second kappa shape index (κ2) is 3.44. The molecule has 0 aromatic heterocycles. The van der Waals surface area contributed by atoms with E-state index in [-0.39, 0.29) is 42.5 Å². The molecule has 6 nitrogen and oxygen atoms in total. The minimum Gasteiger partial charge on any atom is -0.319 e. The molecule has 3 aliphatic rings. The summed E-state index contributed by atoms with van der Waals surface area (Å²) < 4.78 is 23.0. The molecule has 1 saturated carbocycles. The van der Waals surface area contributed by atoms with Crippen molar-refractivity contribution in [2.45, 2.75) is 31.3 Å². The average Bonchev–Trinajstić information content (AvgIpc) is 2.99. The van der Waals surface area contributed by atoms with Crippen molar-refractivity contribution >= 4 is 21.8 Å². The lowest BCUT2D eigenvalue weighted by atomic mass is 10.1. The number of amides is 3. The molecule has 0 radical (unpaired) electrons. The van der Waals surface area contributed by atoms with Gasteiger partial charge < -0.3 is 4.90 Å². The van der Waals surface area contributed by atoms with Gasteiger partial charge in [-0.3, -0.25) is 9.69 Å². The van der Waals surface area contributed by atoms with Gasteiger partial charge in [0.05, 0.1) is 17.5 Å². The predicted molar refractivity (Wildman–Crippen MR) is 59.0 cm³/mol. The highest BCUT2D eigenvalue weighted by Crippen LogP contribution is 2.33. The number of rotatable bonds is 1. The van der Waals surface area contributed by atoms with E-state index in [2.05, 4.69) is 0 Å². The molecule has 17 heavy (non-hydrogen) atoms.